The molecule has 4 heteroatoms. The van der Waals surface area contributed by atoms with E-state index < -0.39 is 4.92 Å². The highest BCUT2D eigenvalue weighted by Gasteiger charge is 2.06. The molecule has 1 aromatic carbocycles. The quantitative estimate of drug-likeness (QED) is 0.529. The molecule has 0 saturated heterocycles. The lowest BCUT2D eigenvalue weighted by molar-refractivity contribution is -0.384. The van der Waals surface area contributed by atoms with Crippen molar-refractivity contribution in [3.05, 3.63) is 41.3 Å². The Hall–Kier alpha value is -1.58. The van der Waals surface area contributed by atoms with Crippen LogP contribution >= 0.6 is 0 Å². The van der Waals surface area contributed by atoms with Crippen molar-refractivity contribution in [3.8, 4) is 5.75 Å². The third-order valence-electron chi connectivity index (χ3n) is 1.37. The summed E-state index contributed by atoms with van der Waals surface area (Å²) >= 11 is 0. The van der Waals surface area contributed by atoms with E-state index in [1.54, 1.807) is 19.1 Å². The van der Waals surface area contributed by atoms with Crippen molar-refractivity contribution in [1.29, 1.82) is 0 Å². The molecule has 69 valence electrons. The van der Waals surface area contributed by atoms with Gasteiger partial charge in [0.2, 0.25) is 0 Å². The SMILES string of the molecule is [CH2]C(C)Oc1cccc([N+](=O)[O-])c1. The molecular weight excluding hydrogens is 170 g/mol. The lowest BCUT2D eigenvalue weighted by Gasteiger charge is -2.08. The standard InChI is InChI=1S/C9H10NO3/c1-7(2)13-9-5-3-4-8(6-9)10(11)12/h3-7H,1H2,2H3. The third kappa shape index (κ3) is 2.74. The van der Waals surface area contributed by atoms with Crippen LogP contribution in [0, 0.1) is 17.0 Å². The van der Waals surface area contributed by atoms with Crippen molar-refractivity contribution in [2.45, 2.75) is 13.0 Å². The molecule has 1 aromatic rings. The average Bonchev–Trinajstić information content (AvgIpc) is 2.03. The zero-order chi connectivity index (χ0) is 9.84. The van der Waals surface area contributed by atoms with E-state index in [1.807, 2.05) is 0 Å². The van der Waals surface area contributed by atoms with Gasteiger partial charge in [0.1, 0.15) is 5.75 Å². The molecule has 0 saturated carbocycles. The van der Waals surface area contributed by atoms with Gasteiger partial charge in [-0.3, -0.25) is 10.1 Å². The molecule has 1 rings (SSSR count). The van der Waals surface area contributed by atoms with Gasteiger partial charge >= 0.3 is 0 Å². The summed E-state index contributed by atoms with van der Waals surface area (Å²) < 4.78 is 5.19. The molecule has 0 aliphatic carbocycles. The van der Waals surface area contributed by atoms with Crippen LogP contribution in [0.3, 0.4) is 0 Å². The van der Waals surface area contributed by atoms with E-state index in [4.69, 9.17) is 4.74 Å². The van der Waals surface area contributed by atoms with E-state index in [9.17, 15) is 10.1 Å². The number of rotatable bonds is 3. The number of nitro groups is 1. The molecule has 0 fully saturated rings. The van der Waals surface area contributed by atoms with E-state index in [1.165, 1.54) is 12.1 Å². The van der Waals surface area contributed by atoms with Gasteiger partial charge in [-0.05, 0) is 19.9 Å². The lowest BCUT2D eigenvalue weighted by atomic mass is 10.3. The van der Waals surface area contributed by atoms with Crippen molar-refractivity contribution in [1.82, 2.24) is 0 Å². The van der Waals surface area contributed by atoms with E-state index in [0.717, 1.165) is 0 Å². The van der Waals surface area contributed by atoms with Gasteiger partial charge in [-0.1, -0.05) is 6.07 Å². The van der Waals surface area contributed by atoms with Crippen LogP contribution in [0.15, 0.2) is 24.3 Å². The van der Waals surface area contributed by atoms with Gasteiger partial charge < -0.3 is 4.74 Å². The highest BCUT2D eigenvalue weighted by Crippen LogP contribution is 2.19. The minimum atomic E-state index is -0.458. The van der Waals surface area contributed by atoms with Crippen LogP contribution in [0.1, 0.15) is 6.92 Å². The molecule has 0 aromatic heterocycles. The highest BCUT2D eigenvalue weighted by molar-refractivity contribution is 5.38. The van der Waals surface area contributed by atoms with Gasteiger partial charge in [0.15, 0.2) is 0 Å². The minimum Gasteiger partial charge on any atom is -0.490 e. The highest BCUT2D eigenvalue weighted by atomic mass is 16.6. The maximum Gasteiger partial charge on any atom is 0.273 e. The van der Waals surface area contributed by atoms with Crippen molar-refractivity contribution in [2.75, 3.05) is 0 Å². The zero-order valence-corrected chi connectivity index (χ0v) is 7.27. The summed E-state index contributed by atoms with van der Waals surface area (Å²) in [5, 5.41) is 10.4. The van der Waals surface area contributed by atoms with E-state index >= 15 is 0 Å². The van der Waals surface area contributed by atoms with Crippen molar-refractivity contribution in [3.63, 3.8) is 0 Å². The van der Waals surface area contributed by atoms with E-state index in [2.05, 4.69) is 6.92 Å². The lowest BCUT2D eigenvalue weighted by Crippen LogP contribution is -2.05. The second-order valence-electron chi connectivity index (χ2n) is 2.68. The fraction of sp³-hybridized carbons (Fsp3) is 0.222. The van der Waals surface area contributed by atoms with Gasteiger partial charge in [0.25, 0.3) is 5.69 Å². The largest absolute Gasteiger partial charge is 0.490 e. The van der Waals surface area contributed by atoms with Gasteiger partial charge in [-0.15, -0.1) is 0 Å². The molecule has 4 nitrogen and oxygen atoms in total. The van der Waals surface area contributed by atoms with Crippen molar-refractivity contribution >= 4 is 5.69 Å². The fourth-order valence-electron chi connectivity index (χ4n) is 0.903. The van der Waals surface area contributed by atoms with Gasteiger partial charge in [0.05, 0.1) is 17.1 Å². The molecule has 0 aliphatic rings. The first-order valence-electron chi connectivity index (χ1n) is 3.84. The van der Waals surface area contributed by atoms with Crippen LogP contribution in [0.4, 0.5) is 5.69 Å². The Kier molecular flexibility index (Phi) is 2.84. The summed E-state index contributed by atoms with van der Waals surface area (Å²) in [5.41, 5.74) is 0.0261. The Bertz CT molecular complexity index is 309. The molecular formula is C9H10NO3. The minimum absolute atomic E-state index is 0.0261. The Morgan fingerprint density at radius 2 is 2.31 bits per heavy atom. The van der Waals surface area contributed by atoms with Crippen LogP contribution in [0.2, 0.25) is 0 Å². The number of nitro benzene ring substituents is 1. The summed E-state index contributed by atoms with van der Waals surface area (Å²) in [4.78, 5) is 9.92. The predicted octanol–water partition coefficient (Wildman–Crippen LogP) is 2.20. The smallest absolute Gasteiger partial charge is 0.273 e. The normalized spacial score (nSPS) is 10.1. The number of benzene rings is 1. The second kappa shape index (κ2) is 3.89. The first kappa shape index (κ1) is 9.51. The average molecular weight is 180 g/mol. The van der Waals surface area contributed by atoms with E-state index in [-0.39, 0.29) is 11.8 Å². The summed E-state index contributed by atoms with van der Waals surface area (Å²) in [6.07, 6.45) is -0.220. The first-order valence-corrected chi connectivity index (χ1v) is 3.84. The summed E-state index contributed by atoms with van der Waals surface area (Å²) in [7, 11) is 0. The molecule has 13 heavy (non-hydrogen) atoms. The van der Waals surface area contributed by atoms with Crippen molar-refractivity contribution in [2.24, 2.45) is 0 Å². The number of hydrogen-bond acceptors (Lipinski definition) is 3. The number of non-ortho nitro benzene ring substituents is 1. The molecule has 1 unspecified atom stereocenters. The molecule has 0 N–H and O–H groups in total. The zero-order valence-electron chi connectivity index (χ0n) is 7.27. The number of hydrogen-bond donors (Lipinski definition) is 0. The van der Waals surface area contributed by atoms with Crippen LogP contribution in [0.5, 0.6) is 5.75 Å². The monoisotopic (exact) mass is 180 g/mol. The van der Waals surface area contributed by atoms with Gasteiger partial charge in [0, 0.05) is 6.07 Å². The number of nitrogens with zero attached hydrogens (tertiary/aromatic N) is 1. The van der Waals surface area contributed by atoms with Crippen LogP contribution < -0.4 is 4.74 Å². The third-order valence-corrected chi connectivity index (χ3v) is 1.37. The molecule has 0 amide bonds. The Labute approximate surface area is 76.3 Å². The number of ether oxygens (including phenoxy) is 1. The Balaban J connectivity index is 2.85. The van der Waals surface area contributed by atoms with E-state index in [0.29, 0.717) is 5.75 Å². The first-order chi connectivity index (χ1) is 6.09. The molecule has 0 bridgehead atoms. The van der Waals surface area contributed by atoms with Crippen LogP contribution in [-0.4, -0.2) is 11.0 Å². The molecule has 1 atom stereocenters. The van der Waals surface area contributed by atoms with Crippen molar-refractivity contribution < 1.29 is 9.66 Å². The fourth-order valence-corrected chi connectivity index (χ4v) is 0.903. The predicted molar refractivity (Wildman–Crippen MR) is 48.5 cm³/mol. The Morgan fingerprint density at radius 3 is 2.85 bits per heavy atom. The van der Waals surface area contributed by atoms with Crippen LogP contribution in [0.25, 0.3) is 0 Å². The summed E-state index contributed by atoms with van der Waals surface area (Å²) in [6, 6.07) is 6.03. The molecule has 0 aliphatic heterocycles. The Morgan fingerprint density at radius 1 is 1.62 bits per heavy atom. The summed E-state index contributed by atoms with van der Waals surface area (Å²) in [5.74, 6) is 0.469. The topological polar surface area (TPSA) is 52.4 Å². The maximum atomic E-state index is 10.4. The second-order valence-corrected chi connectivity index (χ2v) is 2.68. The van der Waals surface area contributed by atoms with Crippen LogP contribution in [-0.2, 0) is 0 Å². The summed E-state index contributed by atoms with van der Waals surface area (Å²) in [6.45, 7) is 5.38. The van der Waals surface area contributed by atoms with Gasteiger partial charge in [-0.25, -0.2) is 0 Å². The molecule has 0 spiro atoms. The molecule has 1 radical (unpaired) electrons. The molecule has 0 heterocycles. The van der Waals surface area contributed by atoms with Gasteiger partial charge in [-0.2, -0.15) is 0 Å². The maximum absolute atomic E-state index is 10.4.